The highest BCUT2D eigenvalue weighted by Gasteiger charge is 2.50. The molecule has 0 aromatic heterocycles. The Morgan fingerprint density at radius 3 is 1.28 bits per heavy atom. The lowest BCUT2D eigenvalue weighted by Gasteiger charge is -2.46. The SMILES string of the molecule is CO[C@H]1O[C@H](CO[C@@H]2C[C@@H](OCc3ccccc3)[C@H](OCc3ccccc3)[C@@H](COCc3ccccc3)O2)[C@@H](OCc2ccc(Cl)cc2)[C@H](OCc2ccc(Cl)cc2)[C@H]1OCc1ccc(Cl)cc1. The Morgan fingerprint density at radius 1 is 0.397 bits per heavy atom. The van der Waals surface area contributed by atoms with Crippen molar-refractivity contribution in [3.8, 4) is 0 Å². The van der Waals surface area contributed by atoms with E-state index in [-0.39, 0.29) is 33.0 Å². The summed E-state index contributed by atoms with van der Waals surface area (Å²) in [5, 5.41) is 1.88. The van der Waals surface area contributed by atoms with Crippen LogP contribution in [0.25, 0.3) is 0 Å². The molecule has 0 bridgehead atoms. The van der Waals surface area contributed by atoms with Gasteiger partial charge in [-0.2, -0.15) is 0 Å². The van der Waals surface area contributed by atoms with Gasteiger partial charge >= 0.3 is 0 Å². The van der Waals surface area contributed by atoms with Crippen LogP contribution in [0, 0.1) is 0 Å². The summed E-state index contributed by atoms with van der Waals surface area (Å²) in [7, 11) is 1.58. The van der Waals surface area contributed by atoms with Crippen LogP contribution in [0.15, 0.2) is 164 Å². The van der Waals surface area contributed by atoms with Crippen LogP contribution in [-0.4, -0.2) is 75.6 Å². The van der Waals surface area contributed by atoms with E-state index in [9.17, 15) is 0 Å². The van der Waals surface area contributed by atoms with Gasteiger partial charge < -0.3 is 47.4 Å². The van der Waals surface area contributed by atoms with E-state index >= 15 is 0 Å². The third kappa shape index (κ3) is 14.9. The van der Waals surface area contributed by atoms with Crippen LogP contribution in [0.1, 0.15) is 39.8 Å². The third-order valence-corrected chi connectivity index (χ3v) is 12.6. The molecule has 13 heteroatoms. The highest BCUT2D eigenvalue weighted by molar-refractivity contribution is 6.31. The van der Waals surface area contributed by atoms with Gasteiger partial charge in [0.05, 0.1) is 59.0 Å². The molecule has 2 aliphatic rings. The second-order valence-electron chi connectivity index (χ2n) is 16.8. The molecule has 68 heavy (non-hydrogen) atoms. The summed E-state index contributed by atoms with van der Waals surface area (Å²) in [6, 6.07) is 52.7. The van der Waals surface area contributed by atoms with E-state index in [2.05, 4.69) is 0 Å². The monoisotopic (exact) mass is 982 g/mol. The molecule has 2 fully saturated rings. The fraction of sp³-hybridized carbons (Fsp3) is 0.345. The molecule has 0 saturated carbocycles. The molecule has 6 aromatic rings. The Bertz CT molecular complexity index is 2350. The lowest BCUT2D eigenvalue weighted by atomic mass is 9.97. The molecule has 0 N–H and O–H groups in total. The maximum atomic E-state index is 6.84. The van der Waals surface area contributed by atoms with Gasteiger partial charge in [0.1, 0.15) is 36.6 Å². The predicted octanol–water partition coefficient (Wildman–Crippen LogP) is 11.6. The molecule has 2 saturated heterocycles. The second kappa shape index (κ2) is 26.1. The van der Waals surface area contributed by atoms with E-state index in [0.717, 1.165) is 33.4 Å². The Hall–Kier alpha value is -4.21. The van der Waals surface area contributed by atoms with Gasteiger partial charge in [-0.15, -0.1) is 0 Å². The van der Waals surface area contributed by atoms with Crippen LogP contribution in [-0.2, 0) is 87.0 Å². The van der Waals surface area contributed by atoms with Gasteiger partial charge in [-0.3, -0.25) is 0 Å². The van der Waals surface area contributed by atoms with Gasteiger partial charge in [-0.1, -0.05) is 162 Å². The number of hydrogen-bond donors (Lipinski definition) is 0. The lowest BCUT2D eigenvalue weighted by Crippen LogP contribution is -2.62. The van der Waals surface area contributed by atoms with E-state index in [1.807, 2.05) is 164 Å². The Balaban J connectivity index is 1.06. The van der Waals surface area contributed by atoms with Crippen LogP contribution in [0.5, 0.6) is 0 Å². The van der Waals surface area contributed by atoms with Crippen molar-refractivity contribution in [2.45, 2.75) is 101 Å². The highest BCUT2D eigenvalue weighted by Crippen LogP contribution is 2.34. The van der Waals surface area contributed by atoms with Crippen molar-refractivity contribution in [3.05, 3.63) is 212 Å². The van der Waals surface area contributed by atoms with E-state index < -0.39 is 55.3 Å². The molecule has 0 radical (unpaired) electrons. The molecular weight excluding hydrogens is 927 g/mol. The molecule has 358 valence electrons. The summed E-state index contributed by atoms with van der Waals surface area (Å²) < 4.78 is 66.6. The zero-order valence-electron chi connectivity index (χ0n) is 37.9. The first-order valence-electron chi connectivity index (χ1n) is 22.8. The van der Waals surface area contributed by atoms with Crippen molar-refractivity contribution < 1.29 is 47.4 Å². The third-order valence-electron chi connectivity index (χ3n) is 11.8. The topological polar surface area (TPSA) is 92.3 Å². The first kappa shape index (κ1) is 50.2. The number of rotatable bonds is 23. The van der Waals surface area contributed by atoms with Crippen LogP contribution in [0.2, 0.25) is 15.1 Å². The van der Waals surface area contributed by atoms with Crippen molar-refractivity contribution in [3.63, 3.8) is 0 Å². The van der Waals surface area contributed by atoms with Crippen LogP contribution >= 0.6 is 34.8 Å². The number of halogens is 3. The molecule has 10 nitrogen and oxygen atoms in total. The van der Waals surface area contributed by atoms with Crippen LogP contribution in [0.4, 0.5) is 0 Å². The average Bonchev–Trinajstić information content (AvgIpc) is 3.37. The Morgan fingerprint density at radius 2 is 0.794 bits per heavy atom. The molecule has 0 spiro atoms. The highest BCUT2D eigenvalue weighted by atomic mass is 35.5. The van der Waals surface area contributed by atoms with Crippen LogP contribution < -0.4 is 0 Å². The van der Waals surface area contributed by atoms with E-state index in [1.165, 1.54) is 0 Å². The van der Waals surface area contributed by atoms with E-state index in [4.69, 9.17) is 82.2 Å². The van der Waals surface area contributed by atoms with Gasteiger partial charge in [-0.25, -0.2) is 0 Å². The lowest BCUT2D eigenvalue weighted by molar-refractivity contribution is -0.334. The molecule has 2 heterocycles. The van der Waals surface area contributed by atoms with Crippen molar-refractivity contribution in [2.75, 3.05) is 20.3 Å². The van der Waals surface area contributed by atoms with Crippen LogP contribution in [0.3, 0.4) is 0 Å². The van der Waals surface area contributed by atoms with Gasteiger partial charge in [0.2, 0.25) is 0 Å². The van der Waals surface area contributed by atoms with Gasteiger partial charge in [0.25, 0.3) is 0 Å². The fourth-order valence-corrected chi connectivity index (χ4v) is 8.59. The standard InChI is InChI=1S/C55H57Cl3O10/c1-59-55-54(66-35-43-21-27-46(58)28-22-43)53(65-34-42-19-25-45(57)26-20-42)52(64-33-41-17-23-44(56)24-18-41)49(68-55)37-62-50-29-47(61-31-39-13-7-3-8-14-39)51(63-32-40-15-9-4-10-16-40)48(67-50)36-60-30-38-11-5-2-6-12-38/h2-28,47-55H,29-37H2,1H3/t47-,48-,49-,50+,51+,52-,53+,54-,55+/m1/s1. The molecule has 2 aliphatic heterocycles. The normalized spacial score (nSPS) is 23.9. The average molecular weight is 984 g/mol. The quantitative estimate of drug-likeness (QED) is 0.0618. The minimum Gasteiger partial charge on any atom is -0.374 e. The first-order chi connectivity index (χ1) is 33.4. The number of ether oxygens (including phenoxy) is 10. The summed E-state index contributed by atoms with van der Waals surface area (Å²) >= 11 is 18.8. The minimum atomic E-state index is -0.870. The summed E-state index contributed by atoms with van der Waals surface area (Å²) in [5.41, 5.74) is 5.85. The largest absolute Gasteiger partial charge is 0.374 e. The van der Waals surface area contributed by atoms with Gasteiger partial charge in [0, 0.05) is 28.6 Å². The van der Waals surface area contributed by atoms with Gasteiger partial charge in [-0.05, 0) is 69.8 Å². The summed E-state index contributed by atoms with van der Waals surface area (Å²) in [4.78, 5) is 0. The molecule has 6 aromatic carbocycles. The smallest absolute Gasteiger partial charge is 0.186 e. The number of hydrogen-bond acceptors (Lipinski definition) is 10. The molecule has 0 amide bonds. The van der Waals surface area contributed by atoms with Crippen molar-refractivity contribution in [1.82, 2.24) is 0 Å². The second-order valence-corrected chi connectivity index (χ2v) is 18.1. The summed E-state index contributed by atoms with van der Waals surface area (Å²) in [6.45, 7) is 2.08. The number of benzene rings is 6. The number of methoxy groups -OCH3 is 1. The van der Waals surface area contributed by atoms with E-state index in [0.29, 0.717) is 41.3 Å². The summed E-state index contributed by atoms with van der Waals surface area (Å²) in [6.07, 6.45) is -5.60. The van der Waals surface area contributed by atoms with E-state index in [1.54, 1.807) is 7.11 Å². The fourth-order valence-electron chi connectivity index (χ4n) is 8.21. The molecule has 8 rings (SSSR count). The van der Waals surface area contributed by atoms with Crippen molar-refractivity contribution in [2.24, 2.45) is 0 Å². The molecular formula is C55H57Cl3O10. The van der Waals surface area contributed by atoms with Gasteiger partial charge in [0.15, 0.2) is 12.6 Å². The summed E-state index contributed by atoms with van der Waals surface area (Å²) in [5.74, 6) is 0. The van der Waals surface area contributed by atoms with Crippen molar-refractivity contribution in [1.29, 1.82) is 0 Å². The zero-order chi connectivity index (χ0) is 46.9. The predicted molar refractivity (Wildman–Crippen MR) is 261 cm³/mol. The van der Waals surface area contributed by atoms with Crippen molar-refractivity contribution >= 4 is 34.8 Å². The Labute approximate surface area is 414 Å². The molecule has 9 atom stereocenters. The maximum Gasteiger partial charge on any atom is 0.186 e. The zero-order valence-corrected chi connectivity index (χ0v) is 40.1. The minimum absolute atomic E-state index is 0.0407. The Kier molecular flexibility index (Phi) is 19.3. The maximum absolute atomic E-state index is 6.84. The first-order valence-corrected chi connectivity index (χ1v) is 24.0. The molecule has 0 aliphatic carbocycles. The molecule has 0 unspecified atom stereocenters.